The van der Waals surface area contributed by atoms with Gasteiger partial charge in [0.1, 0.15) is 0 Å². The molecule has 5 aliphatic carbocycles. The molecule has 13 aromatic rings. The number of nitrogens with zero attached hydrogens (tertiary/aromatic N) is 2. The van der Waals surface area contributed by atoms with E-state index in [4.69, 9.17) is 0 Å². The largest absolute Gasteiger partial charge is 0.310 e. The zero-order valence-corrected chi connectivity index (χ0v) is 55.0. The Morgan fingerprint density at radius 3 is 1.03 bits per heavy atom. The van der Waals surface area contributed by atoms with Crippen molar-refractivity contribution in [3.63, 3.8) is 0 Å². The molecule has 0 saturated carbocycles. The molecule has 13 aromatic carbocycles. The van der Waals surface area contributed by atoms with E-state index in [9.17, 15) is 0 Å². The molecule has 0 bridgehead atoms. The first-order valence-corrected chi connectivity index (χ1v) is 33.6. The van der Waals surface area contributed by atoms with Crippen LogP contribution in [0.2, 0.25) is 0 Å². The van der Waals surface area contributed by atoms with Gasteiger partial charge in [-0.05, 0) is 213 Å². The van der Waals surface area contributed by atoms with Gasteiger partial charge in [0.25, 0.3) is 0 Å². The van der Waals surface area contributed by atoms with E-state index in [1.54, 1.807) is 0 Å². The smallest absolute Gasteiger partial charge is 0.0725 e. The molecule has 0 heterocycles. The number of anilines is 6. The van der Waals surface area contributed by atoms with Gasteiger partial charge in [0.15, 0.2) is 0 Å². The van der Waals surface area contributed by atoms with Gasteiger partial charge in [0, 0.05) is 55.8 Å². The van der Waals surface area contributed by atoms with Crippen molar-refractivity contribution in [2.24, 2.45) is 0 Å². The second kappa shape index (κ2) is 20.0. The predicted octanol–water partition coefficient (Wildman–Crippen LogP) is 24.2. The lowest BCUT2D eigenvalue weighted by Crippen LogP contribution is -2.25. The van der Waals surface area contributed by atoms with Crippen molar-refractivity contribution in [1.29, 1.82) is 0 Å². The van der Waals surface area contributed by atoms with Crippen LogP contribution in [-0.4, -0.2) is 0 Å². The Morgan fingerprint density at radius 1 is 0.255 bits per heavy atom. The molecule has 0 radical (unpaired) electrons. The molecule has 0 unspecified atom stereocenters. The normalized spacial score (nSPS) is 15.2. The van der Waals surface area contributed by atoms with Crippen LogP contribution in [0, 0.1) is 6.92 Å². The van der Waals surface area contributed by atoms with Gasteiger partial charge in [-0.25, -0.2) is 0 Å². The molecule has 0 aliphatic heterocycles. The minimum atomic E-state index is -0.518. The van der Waals surface area contributed by atoms with E-state index in [1.807, 2.05) is 0 Å². The van der Waals surface area contributed by atoms with Gasteiger partial charge in [-0.2, -0.15) is 0 Å². The predicted molar refractivity (Wildman–Crippen MR) is 394 cm³/mol. The molecule has 0 atom stereocenters. The third-order valence-electron chi connectivity index (χ3n) is 22.9. The van der Waals surface area contributed by atoms with Gasteiger partial charge in [0.2, 0.25) is 0 Å². The maximum atomic E-state index is 2.59. The molecule has 2 heteroatoms. The fourth-order valence-electron chi connectivity index (χ4n) is 18.2. The summed E-state index contributed by atoms with van der Waals surface area (Å²) in [6, 6.07) is 110. The summed E-state index contributed by atoms with van der Waals surface area (Å²) in [7, 11) is 0. The SMILES string of the molecule is Cc1ccc(N(c2cc(-c3cccc4c3-c3ccccc3C43c4ccccc4-c4ccccc43)cc(N(c3ccc4c(c3)C(C)(C)c3ccccc3-4)c3ccc4c(c3)C(C)(C)c3ccccc3-4)c2)c2ccc3c(c2)C(C)(C)c2ccccc2-3)cc1C(C)(C)c1ccccc1. The van der Waals surface area contributed by atoms with Crippen LogP contribution in [0.3, 0.4) is 0 Å². The van der Waals surface area contributed by atoms with Crippen LogP contribution in [0.4, 0.5) is 34.1 Å². The first-order valence-electron chi connectivity index (χ1n) is 33.6. The summed E-state index contributed by atoms with van der Waals surface area (Å²) in [5.74, 6) is 0. The summed E-state index contributed by atoms with van der Waals surface area (Å²) in [6.45, 7) is 21.5. The van der Waals surface area contributed by atoms with E-state index in [-0.39, 0.29) is 21.7 Å². The molecule has 0 saturated heterocycles. The highest BCUT2D eigenvalue weighted by Crippen LogP contribution is 2.65. The Kier molecular flexibility index (Phi) is 12.0. The van der Waals surface area contributed by atoms with E-state index in [0.717, 1.165) is 39.7 Å². The standard InChI is InChI=1S/C92H74N2/c1-57-42-43-60(53-83(57)88(2,3)59-26-11-10-12-27-59)93(61-44-47-72-67-28-13-19-35-76(67)89(4,5)84(72)54-61)64-50-58(66-34-25-41-82-87(66)75-33-18-24-40-81(75)92(82)79-38-22-16-31-70(79)71-32-17-23-39-80(71)92)51-65(52-64)94(62-45-48-73-68-29-14-20-36-77(68)90(6,7)85(73)55-62)63-46-49-74-69-30-15-21-37-78(69)91(8,9)86(74)56-63/h10-56H,1-9H3. The van der Waals surface area contributed by atoms with Crippen molar-refractivity contribution in [2.45, 2.75) is 89.4 Å². The summed E-state index contributed by atoms with van der Waals surface area (Å²) in [5.41, 5.74) is 37.6. The second-order valence-electron chi connectivity index (χ2n) is 29.2. The minimum absolute atomic E-state index is 0.234. The number of aryl methyl sites for hydroxylation is 1. The molecule has 2 nitrogen and oxygen atoms in total. The maximum absolute atomic E-state index is 2.59. The van der Waals surface area contributed by atoms with Crippen molar-refractivity contribution in [3.8, 4) is 66.8 Å². The van der Waals surface area contributed by atoms with E-state index in [2.05, 4.69) is 357 Å². The number of benzene rings is 13. The Hall–Kier alpha value is -10.5. The van der Waals surface area contributed by atoms with Crippen molar-refractivity contribution >= 4 is 34.1 Å². The lowest BCUT2D eigenvalue weighted by atomic mass is 9.70. The molecule has 452 valence electrons. The van der Waals surface area contributed by atoms with E-state index in [0.29, 0.717) is 0 Å². The van der Waals surface area contributed by atoms with Gasteiger partial charge < -0.3 is 9.80 Å². The molecule has 18 rings (SSSR count). The van der Waals surface area contributed by atoms with Crippen LogP contribution in [-0.2, 0) is 27.1 Å². The molecule has 94 heavy (non-hydrogen) atoms. The third kappa shape index (κ3) is 7.71. The highest BCUT2D eigenvalue weighted by Gasteiger charge is 2.52. The van der Waals surface area contributed by atoms with Crippen LogP contribution in [0.5, 0.6) is 0 Å². The molecule has 1 spiro atoms. The topological polar surface area (TPSA) is 6.48 Å². The minimum Gasteiger partial charge on any atom is -0.310 e. The summed E-state index contributed by atoms with van der Waals surface area (Å²) in [6.07, 6.45) is 0. The summed E-state index contributed by atoms with van der Waals surface area (Å²) in [5, 5.41) is 0. The summed E-state index contributed by atoms with van der Waals surface area (Å²) >= 11 is 0. The quantitative estimate of drug-likeness (QED) is 0.142. The van der Waals surface area contributed by atoms with E-state index < -0.39 is 5.41 Å². The van der Waals surface area contributed by atoms with Gasteiger partial charge in [-0.1, -0.05) is 274 Å². The van der Waals surface area contributed by atoms with E-state index >= 15 is 0 Å². The van der Waals surface area contributed by atoms with Crippen molar-refractivity contribution in [2.75, 3.05) is 9.80 Å². The van der Waals surface area contributed by atoms with Gasteiger partial charge >= 0.3 is 0 Å². The molecule has 5 aliphatic rings. The van der Waals surface area contributed by atoms with Crippen LogP contribution in [0.15, 0.2) is 285 Å². The van der Waals surface area contributed by atoms with Crippen LogP contribution in [0.1, 0.15) is 128 Å². The lowest BCUT2D eigenvalue weighted by Gasteiger charge is -2.34. The van der Waals surface area contributed by atoms with Crippen molar-refractivity contribution in [3.05, 3.63) is 357 Å². The maximum Gasteiger partial charge on any atom is 0.0725 e. The first kappa shape index (κ1) is 56.2. The van der Waals surface area contributed by atoms with Gasteiger partial charge in [-0.3, -0.25) is 0 Å². The molecule has 0 fully saturated rings. The third-order valence-corrected chi connectivity index (χ3v) is 22.9. The molecule has 0 aromatic heterocycles. The Balaban J connectivity index is 0.945. The Morgan fingerprint density at radius 2 is 0.585 bits per heavy atom. The Labute approximate surface area is 554 Å². The molecule has 0 N–H and O–H groups in total. The van der Waals surface area contributed by atoms with Gasteiger partial charge in [0.05, 0.1) is 5.41 Å². The lowest BCUT2D eigenvalue weighted by molar-refractivity contribution is 0.636. The van der Waals surface area contributed by atoms with Crippen LogP contribution >= 0.6 is 0 Å². The van der Waals surface area contributed by atoms with Crippen LogP contribution < -0.4 is 9.80 Å². The van der Waals surface area contributed by atoms with Gasteiger partial charge in [-0.15, -0.1) is 0 Å². The highest BCUT2D eigenvalue weighted by molar-refractivity contribution is 6.02. The fraction of sp³-hybridized carbons (Fsp3) is 0.152. The number of hydrogen-bond donors (Lipinski definition) is 0. The molecular weight excluding hydrogens is 1130 g/mol. The first-order chi connectivity index (χ1) is 45.6. The summed E-state index contributed by atoms with van der Waals surface area (Å²) in [4.78, 5) is 5.18. The van der Waals surface area contributed by atoms with E-state index in [1.165, 1.54) is 134 Å². The highest BCUT2D eigenvalue weighted by atomic mass is 15.2. The average molecular weight is 1210 g/mol. The monoisotopic (exact) mass is 1210 g/mol. The zero-order chi connectivity index (χ0) is 63.8. The van der Waals surface area contributed by atoms with Crippen molar-refractivity contribution in [1.82, 2.24) is 0 Å². The molecular formula is C92H74N2. The fourth-order valence-corrected chi connectivity index (χ4v) is 18.2. The number of hydrogen-bond acceptors (Lipinski definition) is 2. The number of rotatable bonds is 9. The zero-order valence-electron chi connectivity index (χ0n) is 55.0. The summed E-state index contributed by atoms with van der Waals surface area (Å²) < 4.78 is 0. The number of fused-ring (bicyclic) bond motifs is 19. The average Bonchev–Trinajstić information content (AvgIpc) is 1.51. The molecule has 0 amide bonds. The second-order valence-corrected chi connectivity index (χ2v) is 29.2. The van der Waals surface area contributed by atoms with Crippen LogP contribution in [0.25, 0.3) is 66.8 Å². The van der Waals surface area contributed by atoms with Crippen molar-refractivity contribution < 1.29 is 0 Å². The Bertz CT molecular complexity index is 5210.